The van der Waals surface area contributed by atoms with Crippen molar-refractivity contribution < 1.29 is 19.1 Å². The number of benzene rings is 1. The lowest BCUT2D eigenvalue weighted by Crippen LogP contribution is -2.45. The van der Waals surface area contributed by atoms with Crippen LogP contribution in [0, 0.1) is 17.7 Å². The van der Waals surface area contributed by atoms with Crippen molar-refractivity contribution >= 4 is 35.1 Å². The number of amides is 1. The second kappa shape index (κ2) is 6.20. The van der Waals surface area contributed by atoms with Crippen LogP contribution in [-0.4, -0.2) is 35.0 Å². The third kappa shape index (κ3) is 3.30. The molecule has 1 aromatic carbocycles. The Morgan fingerprint density at radius 2 is 2.00 bits per heavy atom. The quantitative estimate of drug-likeness (QED) is 0.844. The van der Waals surface area contributed by atoms with E-state index in [9.17, 15) is 14.0 Å². The van der Waals surface area contributed by atoms with Crippen molar-refractivity contribution in [2.24, 2.45) is 11.8 Å². The number of piperidine rings is 1. The highest BCUT2D eigenvalue weighted by Crippen LogP contribution is 2.28. The normalized spacial score (nSPS) is 22.2. The van der Waals surface area contributed by atoms with Gasteiger partial charge in [0.2, 0.25) is 0 Å². The first-order valence-electron chi connectivity index (χ1n) is 6.48. The van der Waals surface area contributed by atoms with Crippen LogP contribution in [-0.2, 0) is 4.79 Å². The topological polar surface area (TPSA) is 57.6 Å². The first kappa shape index (κ1) is 16.0. The Morgan fingerprint density at radius 3 is 2.57 bits per heavy atom. The van der Waals surface area contributed by atoms with Gasteiger partial charge < -0.3 is 10.0 Å². The summed E-state index contributed by atoms with van der Waals surface area (Å²) >= 11 is 11.5. The second-order valence-corrected chi connectivity index (χ2v) is 6.02. The largest absolute Gasteiger partial charge is 0.481 e. The summed E-state index contributed by atoms with van der Waals surface area (Å²) in [5, 5.41) is 9.01. The monoisotopic (exact) mass is 333 g/mol. The molecule has 0 saturated carbocycles. The summed E-state index contributed by atoms with van der Waals surface area (Å²) in [6, 6.07) is 2.21. The molecule has 1 N–H and O–H groups in total. The smallest absolute Gasteiger partial charge is 0.306 e. The Morgan fingerprint density at radius 1 is 1.33 bits per heavy atom. The van der Waals surface area contributed by atoms with Crippen molar-refractivity contribution in [3.8, 4) is 0 Å². The number of carboxylic acid groups (broad SMARTS) is 1. The fraction of sp³-hybridized carbons (Fsp3) is 0.429. The number of nitrogens with zero attached hydrogens (tertiary/aromatic N) is 1. The number of rotatable bonds is 2. The van der Waals surface area contributed by atoms with Crippen LogP contribution in [0.4, 0.5) is 4.39 Å². The van der Waals surface area contributed by atoms with Gasteiger partial charge in [-0.05, 0) is 24.5 Å². The van der Waals surface area contributed by atoms with Crippen LogP contribution in [0.3, 0.4) is 0 Å². The highest BCUT2D eigenvalue weighted by Gasteiger charge is 2.33. The molecule has 2 atom stereocenters. The molecule has 1 amide bonds. The average Bonchev–Trinajstić information content (AvgIpc) is 2.41. The highest BCUT2D eigenvalue weighted by atomic mass is 35.5. The molecule has 1 aliphatic rings. The van der Waals surface area contributed by atoms with Gasteiger partial charge in [-0.2, -0.15) is 0 Å². The van der Waals surface area contributed by atoms with E-state index in [0.717, 1.165) is 6.07 Å². The summed E-state index contributed by atoms with van der Waals surface area (Å²) in [6.45, 7) is 2.39. The van der Waals surface area contributed by atoms with E-state index < -0.39 is 23.6 Å². The van der Waals surface area contributed by atoms with Gasteiger partial charge in [0, 0.05) is 13.1 Å². The van der Waals surface area contributed by atoms with Crippen LogP contribution in [0.1, 0.15) is 23.7 Å². The van der Waals surface area contributed by atoms with E-state index >= 15 is 0 Å². The Bertz CT molecular complexity index is 594. The van der Waals surface area contributed by atoms with Crippen molar-refractivity contribution in [1.29, 1.82) is 0 Å². The molecule has 1 saturated heterocycles. The first-order valence-corrected chi connectivity index (χ1v) is 7.23. The van der Waals surface area contributed by atoms with Crippen LogP contribution < -0.4 is 0 Å². The fourth-order valence-corrected chi connectivity index (χ4v) is 3.02. The van der Waals surface area contributed by atoms with E-state index in [4.69, 9.17) is 28.3 Å². The Balaban J connectivity index is 2.19. The van der Waals surface area contributed by atoms with Gasteiger partial charge in [0.25, 0.3) is 5.91 Å². The lowest BCUT2D eigenvalue weighted by molar-refractivity contribution is -0.145. The Kier molecular flexibility index (Phi) is 4.74. The SMILES string of the molecule is CC1CN(C(=O)c2cc(F)c(Cl)cc2Cl)CCC1C(=O)O. The summed E-state index contributed by atoms with van der Waals surface area (Å²) in [4.78, 5) is 24.9. The van der Waals surface area contributed by atoms with Crippen LogP contribution >= 0.6 is 23.2 Å². The molecule has 21 heavy (non-hydrogen) atoms. The fourth-order valence-electron chi connectivity index (χ4n) is 2.55. The van der Waals surface area contributed by atoms with Crippen molar-refractivity contribution in [1.82, 2.24) is 4.90 Å². The predicted molar refractivity (Wildman–Crippen MR) is 77.2 cm³/mol. The minimum atomic E-state index is -0.856. The van der Waals surface area contributed by atoms with Gasteiger partial charge >= 0.3 is 5.97 Å². The van der Waals surface area contributed by atoms with Crippen molar-refractivity contribution in [3.05, 3.63) is 33.6 Å². The van der Waals surface area contributed by atoms with E-state index in [1.165, 1.54) is 11.0 Å². The van der Waals surface area contributed by atoms with E-state index in [1.54, 1.807) is 6.92 Å². The van der Waals surface area contributed by atoms with Gasteiger partial charge in [0.1, 0.15) is 5.82 Å². The number of hydrogen-bond donors (Lipinski definition) is 1. The third-order valence-corrected chi connectivity index (χ3v) is 4.35. The zero-order valence-electron chi connectivity index (χ0n) is 11.3. The lowest BCUT2D eigenvalue weighted by Gasteiger charge is -2.35. The molecule has 114 valence electrons. The van der Waals surface area contributed by atoms with Crippen molar-refractivity contribution in [3.63, 3.8) is 0 Å². The molecular formula is C14H14Cl2FNO3. The van der Waals surface area contributed by atoms with E-state index in [1.807, 2.05) is 0 Å². The molecule has 2 unspecified atom stereocenters. The average molecular weight is 334 g/mol. The molecule has 1 aliphatic heterocycles. The van der Waals surface area contributed by atoms with Gasteiger partial charge in [-0.15, -0.1) is 0 Å². The van der Waals surface area contributed by atoms with Gasteiger partial charge in [-0.1, -0.05) is 30.1 Å². The minimum Gasteiger partial charge on any atom is -0.481 e. The number of carboxylic acids is 1. The molecule has 1 heterocycles. The number of carbonyl (C=O) groups is 2. The maximum Gasteiger partial charge on any atom is 0.306 e. The van der Waals surface area contributed by atoms with Gasteiger partial charge in [-0.3, -0.25) is 9.59 Å². The molecule has 0 radical (unpaired) electrons. The number of halogens is 3. The highest BCUT2D eigenvalue weighted by molar-refractivity contribution is 6.36. The molecule has 1 aromatic rings. The molecule has 0 spiro atoms. The molecule has 4 nitrogen and oxygen atoms in total. The van der Waals surface area contributed by atoms with Gasteiger partial charge in [0.15, 0.2) is 0 Å². The summed E-state index contributed by atoms with van der Waals surface area (Å²) in [7, 11) is 0. The standard InChI is InChI=1S/C14H14Cl2FNO3/c1-7-6-18(3-2-8(7)14(20)21)13(19)9-4-12(17)11(16)5-10(9)15/h4-5,7-8H,2-3,6H2,1H3,(H,20,21). The number of aliphatic carboxylic acids is 1. The summed E-state index contributed by atoms with van der Waals surface area (Å²) in [5.74, 6) is -2.61. The molecule has 0 aliphatic carbocycles. The molecule has 0 bridgehead atoms. The number of carbonyl (C=O) groups excluding carboxylic acids is 1. The number of likely N-dealkylation sites (tertiary alicyclic amines) is 1. The van der Waals surface area contributed by atoms with Crippen LogP contribution in [0.2, 0.25) is 10.0 Å². The molecule has 0 aromatic heterocycles. The van der Waals surface area contributed by atoms with Crippen molar-refractivity contribution in [2.75, 3.05) is 13.1 Å². The van der Waals surface area contributed by atoms with Crippen LogP contribution in [0.25, 0.3) is 0 Å². The van der Waals surface area contributed by atoms with Gasteiger partial charge in [0.05, 0.1) is 21.5 Å². The second-order valence-electron chi connectivity index (χ2n) is 5.21. The molecular weight excluding hydrogens is 320 g/mol. The van der Waals surface area contributed by atoms with E-state index in [0.29, 0.717) is 19.5 Å². The first-order chi connectivity index (χ1) is 9.81. The summed E-state index contributed by atoms with van der Waals surface area (Å²) in [6.07, 6.45) is 0.371. The van der Waals surface area contributed by atoms with E-state index in [-0.39, 0.29) is 21.5 Å². The maximum atomic E-state index is 13.5. The molecule has 7 heteroatoms. The van der Waals surface area contributed by atoms with Crippen LogP contribution in [0.15, 0.2) is 12.1 Å². The van der Waals surface area contributed by atoms with Crippen molar-refractivity contribution in [2.45, 2.75) is 13.3 Å². The minimum absolute atomic E-state index is 0.0412. The Hall–Kier alpha value is -1.33. The lowest BCUT2D eigenvalue weighted by atomic mass is 9.87. The maximum absolute atomic E-state index is 13.5. The van der Waals surface area contributed by atoms with Crippen LogP contribution in [0.5, 0.6) is 0 Å². The predicted octanol–water partition coefficient (Wildman–Crippen LogP) is 3.32. The zero-order valence-corrected chi connectivity index (χ0v) is 12.8. The van der Waals surface area contributed by atoms with E-state index in [2.05, 4.69) is 0 Å². The third-order valence-electron chi connectivity index (χ3n) is 3.75. The summed E-state index contributed by atoms with van der Waals surface area (Å²) < 4.78 is 13.5. The summed E-state index contributed by atoms with van der Waals surface area (Å²) in [5.41, 5.74) is 0.0412. The molecule has 1 fully saturated rings. The van der Waals surface area contributed by atoms with Gasteiger partial charge in [-0.25, -0.2) is 4.39 Å². The molecule has 2 rings (SSSR count). The number of hydrogen-bond acceptors (Lipinski definition) is 2. The Labute approximate surface area is 131 Å². The zero-order chi connectivity index (χ0) is 15.7.